The Labute approximate surface area is 152 Å². The Kier molecular flexibility index (Phi) is 6.34. The summed E-state index contributed by atoms with van der Waals surface area (Å²) in [6.07, 6.45) is -0.398. The minimum absolute atomic E-state index is 0.00930. The van der Waals surface area contributed by atoms with Crippen LogP contribution in [0.5, 0.6) is 0 Å². The molecule has 0 aromatic heterocycles. The molecule has 0 spiro atoms. The molecule has 1 aliphatic rings. The van der Waals surface area contributed by atoms with Crippen molar-refractivity contribution >= 4 is 17.8 Å². The van der Waals surface area contributed by atoms with Gasteiger partial charge in [0.2, 0.25) is 5.91 Å². The van der Waals surface area contributed by atoms with E-state index < -0.39 is 11.4 Å². The molecule has 0 aliphatic carbocycles. The number of piperazine rings is 1. The number of Topliss-reactive ketones (excluding diaryl/α,β-unsaturated/α-hetero) is 1. The Balaban J connectivity index is 1.79. The van der Waals surface area contributed by atoms with Crippen molar-refractivity contribution in [2.75, 3.05) is 26.2 Å². The molecule has 2 rings (SSSR count). The fourth-order valence-corrected chi connectivity index (χ4v) is 2.67. The monoisotopic (exact) mass is 364 g/mol. The van der Waals surface area contributed by atoms with Gasteiger partial charge < -0.3 is 14.5 Å². The van der Waals surface area contributed by atoms with Crippen molar-refractivity contribution < 1.29 is 23.5 Å². The van der Waals surface area contributed by atoms with E-state index in [4.69, 9.17) is 4.74 Å². The predicted molar refractivity (Wildman–Crippen MR) is 94.4 cm³/mol. The highest BCUT2D eigenvalue weighted by atomic mass is 19.1. The first-order valence-corrected chi connectivity index (χ1v) is 8.71. The summed E-state index contributed by atoms with van der Waals surface area (Å²) in [5.41, 5.74) is -0.549. The number of hydrogen-bond acceptors (Lipinski definition) is 4. The molecule has 0 saturated carbocycles. The van der Waals surface area contributed by atoms with Crippen molar-refractivity contribution in [3.63, 3.8) is 0 Å². The first-order valence-electron chi connectivity index (χ1n) is 8.71. The summed E-state index contributed by atoms with van der Waals surface area (Å²) in [5.74, 6) is -1.13. The SMILES string of the molecule is CC(C)(C)OC(=O)N1CCN(C(=O)CCC(=O)c2ccccc2F)CC1. The fraction of sp³-hybridized carbons (Fsp3) is 0.526. The Morgan fingerprint density at radius 2 is 1.58 bits per heavy atom. The van der Waals surface area contributed by atoms with Gasteiger partial charge in [0, 0.05) is 39.0 Å². The average Bonchev–Trinajstić information content (AvgIpc) is 2.58. The number of amides is 2. The number of rotatable bonds is 4. The van der Waals surface area contributed by atoms with E-state index in [-0.39, 0.29) is 36.2 Å². The molecule has 0 N–H and O–H groups in total. The van der Waals surface area contributed by atoms with E-state index in [1.54, 1.807) is 36.6 Å². The maximum atomic E-state index is 13.6. The molecule has 0 unspecified atom stereocenters. The summed E-state index contributed by atoms with van der Waals surface area (Å²) >= 11 is 0. The van der Waals surface area contributed by atoms with Crippen LogP contribution in [0.1, 0.15) is 44.0 Å². The van der Waals surface area contributed by atoms with E-state index in [1.165, 1.54) is 18.2 Å². The molecule has 26 heavy (non-hydrogen) atoms. The van der Waals surface area contributed by atoms with Gasteiger partial charge in [-0.05, 0) is 32.9 Å². The number of carbonyl (C=O) groups is 3. The number of halogens is 1. The lowest BCUT2D eigenvalue weighted by Crippen LogP contribution is -2.51. The molecule has 6 nitrogen and oxygen atoms in total. The molecule has 1 heterocycles. The van der Waals surface area contributed by atoms with Gasteiger partial charge in [-0.1, -0.05) is 12.1 Å². The van der Waals surface area contributed by atoms with Crippen LogP contribution in [0.3, 0.4) is 0 Å². The predicted octanol–water partition coefficient (Wildman–Crippen LogP) is 2.87. The van der Waals surface area contributed by atoms with Gasteiger partial charge in [0.15, 0.2) is 5.78 Å². The number of ketones is 1. The van der Waals surface area contributed by atoms with Gasteiger partial charge in [0.25, 0.3) is 0 Å². The molecule has 2 amide bonds. The Morgan fingerprint density at radius 3 is 2.15 bits per heavy atom. The molecule has 1 saturated heterocycles. The summed E-state index contributed by atoms with van der Waals surface area (Å²) in [7, 11) is 0. The van der Waals surface area contributed by atoms with Crippen LogP contribution in [0.4, 0.5) is 9.18 Å². The molecule has 0 radical (unpaired) electrons. The highest BCUT2D eigenvalue weighted by molar-refractivity contribution is 5.98. The van der Waals surface area contributed by atoms with Gasteiger partial charge in [-0.25, -0.2) is 9.18 Å². The summed E-state index contributed by atoms with van der Waals surface area (Å²) in [4.78, 5) is 39.5. The standard InChI is InChI=1S/C19H25FN2O4/c1-19(2,3)26-18(25)22-12-10-21(11-13-22)17(24)9-8-16(23)14-6-4-5-7-15(14)20/h4-7H,8-13H2,1-3H3. The summed E-state index contributed by atoms with van der Waals surface area (Å²) in [6, 6.07) is 5.75. The zero-order chi connectivity index (χ0) is 19.3. The zero-order valence-electron chi connectivity index (χ0n) is 15.5. The molecular formula is C19H25FN2O4. The van der Waals surface area contributed by atoms with Crippen molar-refractivity contribution in [3.05, 3.63) is 35.6 Å². The normalized spacial score (nSPS) is 14.9. The first-order chi connectivity index (χ1) is 12.2. The largest absolute Gasteiger partial charge is 0.444 e. The van der Waals surface area contributed by atoms with E-state index >= 15 is 0 Å². The fourth-order valence-electron chi connectivity index (χ4n) is 2.67. The molecule has 0 atom stereocenters. The van der Waals surface area contributed by atoms with Crippen LogP contribution in [0.25, 0.3) is 0 Å². The molecule has 1 aromatic rings. The molecule has 142 valence electrons. The molecular weight excluding hydrogens is 339 g/mol. The summed E-state index contributed by atoms with van der Waals surface area (Å²) in [5, 5.41) is 0. The molecule has 7 heteroatoms. The molecule has 1 fully saturated rings. The van der Waals surface area contributed by atoms with Crippen molar-refractivity contribution in [2.45, 2.75) is 39.2 Å². The molecule has 1 aromatic carbocycles. The lowest BCUT2D eigenvalue weighted by atomic mass is 10.1. The van der Waals surface area contributed by atoms with Crippen molar-refractivity contribution in [2.24, 2.45) is 0 Å². The number of ether oxygens (including phenoxy) is 1. The van der Waals surface area contributed by atoms with Crippen molar-refractivity contribution in [1.82, 2.24) is 9.80 Å². The second-order valence-corrected chi connectivity index (χ2v) is 7.25. The lowest BCUT2D eigenvalue weighted by Gasteiger charge is -2.35. The van der Waals surface area contributed by atoms with Gasteiger partial charge >= 0.3 is 6.09 Å². The topological polar surface area (TPSA) is 66.9 Å². The van der Waals surface area contributed by atoms with Gasteiger partial charge in [-0.3, -0.25) is 9.59 Å². The van der Waals surface area contributed by atoms with E-state index in [9.17, 15) is 18.8 Å². The summed E-state index contributed by atoms with van der Waals surface area (Å²) in [6.45, 7) is 6.98. The Morgan fingerprint density at radius 1 is 1.00 bits per heavy atom. The third-order valence-corrected chi connectivity index (χ3v) is 4.02. The maximum Gasteiger partial charge on any atom is 0.410 e. The third-order valence-electron chi connectivity index (χ3n) is 4.02. The van der Waals surface area contributed by atoms with Crippen LogP contribution in [0.15, 0.2) is 24.3 Å². The second-order valence-electron chi connectivity index (χ2n) is 7.25. The summed E-state index contributed by atoms with van der Waals surface area (Å²) < 4.78 is 18.9. The van der Waals surface area contributed by atoms with E-state index in [0.29, 0.717) is 26.2 Å². The van der Waals surface area contributed by atoms with Crippen LogP contribution in [-0.2, 0) is 9.53 Å². The second kappa shape index (κ2) is 8.29. The molecule has 1 aliphatic heterocycles. The number of carbonyl (C=O) groups excluding carboxylic acids is 3. The van der Waals surface area contributed by atoms with Gasteiger partial charge in [0.1, 0.15) is 11.4 Å². The smallest absolute Gasteiger partial charge is 0.410 e. The van der Waals surface area contributed by atoms with Gasteiger partial charge in [-0.2, -0.15) is 0 Å². The highest BCUT2D eigenvalue weighted by Crippen LogP contribution is 2.14. The number of benzene rings is 1. The van der Waals surface area contributed by atoms with Crippen LogP contribution in [-0.4, -0.2) is 59.4 Å². The average molecular weight is 364 g/mol. The van der Waals surface area contributed by atoms with E-state index in [2.05, 4.69) is 0 Å². The minimum Gasteiger partial charge on any atom is -0.444 e. The van der Waals surface area contributed by atoms with Crippen LogP contribution >= 0.6 is 0 Å². The number of nitrogens with zero attached hydrogens (tertiary/aromatic N) is 2. The number of hydrogen-bond donors (Lipinski definition) is 0. The van der Waals surface area contributed by atoms with Gasteiger partial charge in [0.05, 0.1) is 5.56 Å². The Hall–Kier alpha value is -2.44. The van der Waals surface area contributed by atoms with Crippen molar-refractivity contribution in [1.29, 1.82) is 0 Å². The van der Waals surface area contributed by atoms with Crippen LogP contribution < -0.4 is 0 Å². The van der Waals surface area contributed by atoms with Crippen LogP contribution in [0.2, 0.25) is 0 Å². The van der Waals surface area contributed by atoms with E-state index in [1.807, 2.05) is 0 Å². The maximum absolute atomic E-state index is 13.6. The van der Waals surface area contributed by atoms with Crippen molar-refractivity contribution in [3.8, 4) is 0 Å². The third kappa shape index (κ3) is 5.54. The first kappa shape index (κ1) is 19.9. The zero-order valence-corrected chi connectivity index (χ0v) is 15.5. The lowest BCUT2D eigenvalue weighted by molar-refractivity contribution is -0.132. The highest BCUT2D eigenvalue weighted by Gasteiger charge is 2.27. The van der Waals surface area contributed by atoms with Gasteiger partial charge in [-0.15, -0.1) is 0 Å². The quantitative estimate of drug-likeness (QED) is 0.771. The Bertz CT molecular complexity index is 676. The van der Waals surface area contributed by atoms with Crippen LogP contribution in [0, 0.1) is 5.82 Å². The minimum atomic E-state index is -0.573. The molecule has 0 bridgehead atoms. The van der Waals surface area contributed by atoms with E-state index in [0.717, 1.165) is 0 Å².